The van der Waals surface area contributed by atoms with Gasteiger partial charge in [-0.3, -0.25) is 0 Å². The van der Waals surface area contributed by atoms with Gasteiger partial charge in [-0.1, -0.05) is 0 Å². The fraction of sp³-hybridized carbons (Fsp3) is 0.889. The van der Waals surface area contributed by atoms with E-state index < -0.39 is 21.8 Å². The fourth-order valence-electron chi connectivity index (χ4n) is 1.02. The monoisotopic (exact) mass is 286 g/mol. The number of nitrogens with one attached hydrogen (secondary N) is 2. The number of rotatable bonds is 6. The summed E-state index contributed by atoms with van der Waals surface area (Å²) in [6.45, 7) is 6.58. The maximum atomic E-state index is 11.5. The summed E-state index contributed by atoms with van der Waals surface area (Å²) >= 11 is 5.54. The van der Waals surface area contributed by atoms with Crippen LogP contribution in [0.25, 0.3) is 0 Å². The highest BCUT2D eigenvalue weighted by atomic mass is 35.5. The Morgan fingerprint density at radius 1 is 1.41 bits per heavy atom. The van der Waals surface area contributed by atoms with Gasteiger partial charge in [-0.25, -0.2) is 9.52 Å². The Bertz CT molecular complexity index is 354. The lowest BCUT2D eigenvalue weighted by atomic mass is 10.0. The molecule has 0 heterocycles. The second-order valence-electron chi connectivity index (χ2n) is 4.48. The molecule has 0 aromatic carbocycles. The zero-order chi connectivity index (χ0) is 13.7. The Balaban J connectivity index is 4.45. The van der Waals surface area contributed by atoms with Gasteiger partial charge in [0, 0.05) is 11.4 Å². The molecule has 2 N–H and O–H groups in total. The first-order valence-electron chi connectivity index (χ1n) is 5.16. The van der Waals surface area contributed by atoms with E-state index >= 15 is 0 Å². The summed E-state index contributed by atoms with van der Waals surface area (Å²) in [5.41, 5.74) is -0.730. The molecule has 8 heteroatoms. The standard InChI is InChI=1S/C9H19ClN2O4S/c1-7(2)16-8(13)11-17(14,15)12-9(3,4)5-6-10/h7,12H,5-6H2,1-4H3,(H,11,13). The molecular weight excluding hydrogens is 268 g/mol. The number of hydrogen-bond acceptors (Lipinski definition) is 4. The second-order valence-corrected chi connectivity index (χ2v) is 6.28. The molecule has 0 saturated heterocycles. The first-order valence-corrected chi connectivity index (χ1v) is 7.18. The van der Waals surface area contributed by atoms with Crippen molar-refractivity contribution in [2.45, 2.75) is 45.8 Å². The Kier molecular flexibility index (Phi) is 6.22. The number of halogens is 1. The topological polar surface area (TPSA) is 84.5 Å². The molecular formula is C9H19ClN2O4S. The van der Waals surface area contributed by atoms with Crippen LogP contribution in [0.3, 0.4) is 0 Å². The fourth-order valence-corrected chi connectivity index (χ4v) is 2.64. The van der Waals surface area contributed by atoms with Crippen LogP contribution < -0.4 is 9.44 Å². The lowest BCUT2D eigenvalue weighted by molar-refractivity contribution is 0.121. The van der Waals surface area contributed by atoms with Crippen molar-refractivity contribution < 1.29 is 17.9 Å². The van der Waals surface area contributed by atoms with Gasteiger partial charge in [0.15, 0.2) is 0 Å². The number of carbonyl (C=O) groups is 1. The molecule has 0 aromatic heterocycles. The Labute approximate surface area is 107 Å². The quantitative estimate of drug-likeness (QED) is 0.722. The minimum absolute atomic E-state index is 0.311. The maximum Gasteiger partial charge on any atom is 0.422 e. The normalized spacial score (nSPS) is 12.6. The Morgan fingerprint density at radius 3 is 2.35 bits per heavy atom. The van der Waals surface area contributed by atoms with E-state index in [1.54, 1.807) is 32.4 Å². The van der Waals surface area contributed by atoms with Crippen LogP contribution in [-0.4, -0.2) is 32.0 Å². The highest BCUT2D eigenvalue weighted by Crippen LogP contribution is 2.10. The molecule has 17 heavy (non-hydrogen) atoms. The molecule has 6 nitrogen and oxygen atoms in total. The minimum Gasteiger partial charge on any atom is -0.446 e. The van der Waals surface area contributed by atoms with Gasteiger partial charge in [-0.15, -0.1) is 11.6 Å². The summed E-state index contributed by atoms with van der Waals surface area (Å²) in [6, 6.07) is 0. The first-order chi connectivity index (χ1) is 7.58. The molecule has 0 aliphatic heterocycles. The van der Waals surface area contributed by atoms with Crippen LogP contribution in [0.4, 0.5) is 4.79 Å². The van der Waals surface area contributed by atoms with Gasteiger partial charge in [0.2, 0.25) is 0 Å². The molecule has 0 fully saturated rings. The van der Waals surface area contributed by atoms with Crippen LogP contribution in [0.15, 0.2) is 0 Å². The molecule has 0 saturated carbocycles. The van der Waals surface area contributed by atoms with Crippen molar-refractivity contribution in [3.63, 3.8) is 0 Å². The number of carbonyl (C=O) groups excluding carboxylic acids is 1. The predicted molar refractivity (Wildman–Crippen MR) is 66.2 cm³/mol. The molecule has 0 rings (SSSR count). The summed E-state index contributed by atoms with van der Waals surface area (Å²) in [7, 11) is -3.94. The summed E-state index contributed by atoms with van der Waals surface area (Å²) in [5, 5.41) is 0. The van der Waals surface area contributed by atoms with Gasteiger partial charge in [0.25, 0.3) is 0 Å². The zero-order valence-corrected chi connectivity index (χ0v) is 12.0. The van der Waals surface area contributed by atoms with Gasteiger partial charge >= 0.3 is 16.3 Å². The number of alkyl halides is 1. The van der Waals surface area contributed by atoms with E-state index in [9.17, 15) is 13.2 Å². The molecule has 1 amide bonds. The molecule has 0 aliphatic carbocycles. The van der Waals surface area contributed by atoms with Gasteiger partial charge < -0.3 is 4.74 Å². The van der Waals surface area contributed by atoms with Gasteiger partial charge in [-0.2, -0.15) is 13.1 Å². The summed E-state index contributed by atoms with van der Waals surface area (Å²) < 4.78 is 31.8. The molecule has 0 bridgehead atoms. The summed E-state index contributed by atoms with van der Waals surface area (Å²) in [6.07, 6.45) is -0.954. The van der Waals surface area contributed by atoms with Crippen LogP contribution in [0.5, 0.6) is 0 Å². The molecule has 0 unspecified atom stereocenters. The largest absolute Gasteiger partial charge is 0.446 e. The Hall–Kier alpha value is -0.530. The third-order valence-corrected chi connectivity index (χ3v) is 3.14. The number of amides is 1. The van der Waals surface area contributed by atoms with E-state index in [0.717, 1.165) is 0 Å². The molecule has 0 atom stereocenters. The maximum absolute atomic E-state index is 11.5. The average Bonchev–Trinajstić information content (AvgIpc) is 1.96. The van der Waals surface area contributed by atoms with Crippen LogP contribution in [-0.2, 0) is 14.9 Å². The average molecular weight is 287 g/mol. The third kappa shape index (κ3) is 8.23. The second kappa shape index (κ2) is 6.42. The van der Waals surface area contributed by atoms with Gasteiger partial charge in [0.05, 0.1) is 6.10 Å². The van der Waals surface area contributed by atoms with E-state index in [0.29, 0.717) is 12.3 Å². The van der Waals surface area contributed by atoms with E-state index in [2.05, 4.69) is 9.46 Å². The SMILES string of the molecule is CC(C)OC(=O)NS(=O)(=O)NC(C)(C)CCCl. The minimum atomic E-state index is -3.94. The Morgan fingerprint density at radius 2 is 1.94 bits per heavy atom. The van der Waals surface area contributed by atoms with E-state index in [-0.39, 0.29) is 6.10 Å². The molecule has 102 valence electrons. The van der Waals surface area contributed by atoms with E-state index in [1.165, 1.54) is 0 Å². The molecule has 0 radical (unpaired) electrons. The van der Waals surface area contributed by atoms with Crippen molar-refractivity contribution in [1.29, 1.82) is 0 Å². The van der Waals surface area contributed by atoms with Crippen molar-refractivity contribution in [2.75, 3.05) is 5.88 Å². The van der Waals surface area contributed by atoms with Crippen molar-refractivity contribution in [1.82, 2.24) is 9.44 Å². The zero-order valence-electron chi connectivity index (χ0n) is 10.4. The van der Waals surface area contributed by atoms with Crippen molar-refractivity contribution in [2.24, 2.45) is 0 Å². The van der Waals surface area contributed by atoms with E-state index in [1.807, 2.05) is 0 Å². The lowest BCUT2D eigenvalue weighted by Crippen LogP contribution is -2.50. The highest BCUT2D eigenvalue weighted by molar-refractivity contribution is 7.88. The smallest absolute Gasteiger partial charge is 0.422 e. The summed E-state index contributed by atoms with van der Waals surface area (Å²) in [4.78, 5) is 11.1. The van der Waals surface area contributed by atoms with Crippen molar-refractivity contribution in [3.05, 3.63) is 0 Å². The van der Waals surface area contributed by atoms with Crippen molar-refractivity contribution >= 4 is 27.9 Å². The van der Waals surface area contributed by atoms with E-state index in [4.69, 9.17) is 11.6 Å². The van der Waals surface area contributed by atoms with Gasteiger partial charge in [0.1, 0.15) is 0 Å². The first kappa shape index (κ1) is 16.5. The van der Waals surface area contributed by atoms with Crippen molar-refractivity contribution in [3.8, 4) is 0 Å². The third-order valence-electron chi connectivity index (χ3n) is 1.69. The predicted octanol–water partition coefficient (Wildman–Crippen LogP) is 1.36. The van der Waals surface area contributed by atoms with Crippen LogP contribution in [0.2, 0.25) is 0 Å². The number of hydrogen-bond donors (Lipinski definition) is 2. The van der Waals surface area contributed by atoms with Crippen LogP contribution in [0, 0.1) is 0 Å². The molecule has 0 aromatic rings. The van der Waals surface area contributed by atoms with Gasteiger partial charge in [-0.05, 0) is 34.1 Å². The summed E-state index contributed by atoms with van der Waals surface area (Å²) in [5.74, 6) is 0.311. The molecule has 0 spiro atoms. The number of ether oxygens (including phenoxy) is 1. The highest BCUT2D eigenvalue weighted by Gasteiger charge is 2.26. The van der Waals surface area contributed by atoms with Crippen LogP contribution in [0.1, 0.15) is 34.1 Å². The lowest BCUT2D eigenvalue weighted by Gasteiger charge is -2.24. The van der Waals surface area contributed by atoms with Crippen LogP contribution >= 0.6 is 11.6 Å². The molecule has 0 aliphatic rings.